The lowest BCUT2D eigenvalue weighted by atomic mass is 10.1. The van der Waals surface area contributed by atoms with Gasteiger partial charge in [0, 0.05) is 19.2 Å². The van der Waals surface area contributed by atoms with E-state index < -0.39 is 0 Å². The number of hydrogen-bond acceptors (Lipinski definition) is 4. The van der Waals surface area contributed by atoms with Gasteiger partial charge in [-0.3, -0.25) is 4.79 Å². The molecule has 1 aromatic heterocycles. The van der Waals surface area contributed by atoms with E-state index in [-0.39, 0.29) is 11.7 Å². The average molecular weight is 195 g/mol. The molecule has 0 spiro atoms. The Morgan fingerprint density at radius 2 is 2.21 bits per heavy atom. The monoisotopic (exact) mass is 195 g/mol. The Labute approximate surface area is 81.4 Å². The first-order valence-electron chi connectivity index (χ1n) is 4.73. The van der Waals surface area contributed by atoms with Crippen LogP contribution in [0.25, 0.3) is 0 Å². The minimum Gasteiger partial charge on any atom is -0.393 e. The lowest BCUT2D eigenvalue weighted by Gasteiger charge is -2.30. The molecular weight excluding hydrogens is 182 g/mol. The molecule has 1 aromatic rings. The van der Waals surface area contributed by atoms with E-state index in [1.165, 1.54) is 6.07 Å². The molecule has 2 N–H and O–H groups in total. The highest BCUT2D eigenvalue weighted by molar-refractivity contribution is 5.43. The number of H-pyrrole nitrogens is 1. The van der Waals surface area contributed by atoms with Gasteiger partial charge in [-0.1, -0.05) is 0 Å². The molecule has 1 fully saturated rings. The van der Waals surface area contributed by atoms with Crippen molar-refractivity contribution in [3.8, 4) is 0 Å². The van der Waals surface area contributed by atoms with Crippen molar-refractivity contribution in [2.75, 3.05) is 18.0 Å². The molecule has 0 atom stereocenters. The fourth-order valence-electron chi connectivity index (χ4n) is 1.66. The summed E-state index contributed by atoms with van der Waals surface area (Å²) in [5.41, 5.74) is 0.647. The van der Waals surface area contributed by atoms with Crippen molar-refractivity contribution in [2.45, 2.75) is 18.9 Å². The molecule has 14 heavy (non-hydrogen) atoms. The van der Waals surface area contributed by atoms with Crippen LogP contribution in [-0.4, -0.2) is 34.5 Å². The first-order chi connectivity index (χ1) is 6.75. The van der Waals surface area contributed by atoms with Crippen LogP contribution in [0.5, 0.6) is 0 Å². The fraction of sp³-hybridized carbons (Fsp3) is 0.556. The van der Waals surface area contributed by atoms with Crippen LogP contribution in [0.4, 0.5) is 5.69 Å². The molecule has 76 valence electrons. The van der Waals surface area contributed by atoms with E-state index in [1.54, 1.807) is 6.20 Å². The van der Waals surface area contributed by atoms with Gasteiger partial charge in [0.25, 0.3) is 5.56 Å². The second-order valence-electron chi connectivity index (χ2n) is 3.52. The maximum Gasteiger partial charge on any atom is 0.266 e. The van der Waals surface area contributed by atoms with Crippen molar-refractivity contribution >= 4 is 5.69 Å². The van der Waals surface area contributed by atoms with Gasteiger partial charge in [0.05, 0.1) is 18.0 Å². The smallest absolute Gasteiger partial charge is 0.266 e. The number of aliphatic hydroxyl groups is 1. The maximum absolute atomic E-state index is 11.0. The average Bonchev–Trinajstić information content (AvgIpc) is 2.19. The minimum atomic E-state index is -0.193. The van der Waals surface area contributed by atoms with Crippen molar-refractivity contribution in [3.05, 3.63) is 22.6 Å². The number of aliphatic hydroxyl groups excluding tert-OH is 1. The van der Waals surface area contributed by atoms with Crippen LogP contribution in [0.3, 0.4) is 0 Å². The number of piperidine rings is 1. The molecule has 0 radical (unpaired) electrons. The Hall–Kier alpha value is -1.36. The summed E-state index contributed by atoms with van der Waals surface area (Å²) in [4.78, 5) is 13.1. The van der Waals surface area contributed by atoms with Crippen LogP contribution in [0.1, 0.15) is 12.8 Å². The van der Waals surface area contributed by atoms with Crippen LogP contribution in [0, 0.1) is 0 Å². The predicted octanol–water partition coefficient (Wildman–Crippen LogP) is -0.269. The molecule has 5 nitrogen and oxygen atoms in total. The quantitative estimate of drug-likeness (QED) is 0.647. The third kappa shape index (κ3) is 1.93. The van der Waals surface area contributed by atoms with E-state index in [0.717, 1.165) is 31.6 Å². The Bertz CT molecular complexity index is 355. The zero-order valence-corrected chi connectivity index (χ0v) is 7.81. The van der Waals surface area contributed by atoms with Gasteiger partial charge in [-0.25, -0.2) is 5.10 Å². The molecular formula is C9H13N3O2. The predicted molar refractivity (Wildman–Crippen MR) is 52.3 cm³/mol. The molecule has 1 aliphatic heterocycles. The highest BCUT2D eigenvalue weighted by Gasteiger charge is 2.17. The summed E-state index contributed by atoms with van der Waals surface area (Å²) in [7, 11) is 0. The number of aromatic nitrogens is 2. The maximum atomic E-state index is 11.0. The van der Waals surface area contributed by atoms with Gasteiger partial charge in [0.1, 0.15) is 0 Å². The summed E-state index contributed by atoms with van der Waals surface area (Å²) in [6, 6.07) is 1.53. The van der Waals surface area contributed by atoms with Crippen molar-refractivity contribution in [2.24, 2.45) is 0 Å². The van der Waals surface area contributed by atoms with Crippen LogP contribution in [-0.2, 0) is 0 Å². The van der Waals surface area contributed by atoms with E-state index in [9.17, 15) is 9.90 Å². The van der Waals surface area contributed by atoms with Crippen molar-refractivity contribution in [3.63, 3.8) is 0 Å². The van der Waals surface area contributed by atoms with Crippen molar-refractivity contribution in [1.82, 2.24) is 10.2 Å². The molecule has 0 aliphatic carbocycles. The lowest BCUT2D eigenvalue weighted by molar-refractivity contribution is 0.145. The Balaban J connectivity index is 2.12. The first kappa shape index (κ1) is 9.21. The zero-order chi connectivity index (χ0) is 9.97. The van der Waals surface area contributed by atoms with Crippen LogP contribution >= 0.6 is 0 Å². The van der Waals surface area contributed by atoms with Gasteiger partial charge in [0.15, 0.2) is 0 Å². The SMILES string of the molecule is O=c1cc(N2CCC(O)CC2)cn[nH]1. The molecule has 2 rings (SSSR count). The summed E-state index contributed by atoms with van der Waals surface area (Å²) in [5.74, 6) is 0. The number of rotatable bonds is 1. The van der Waals surface area contributed by atoms with E-state index in [4.69, 9.17) is 0 Å². The molecule has 0 bridgehead atoms. The van der Waals surface area contributed by atoms with Gasteiger partial charge in [-0.2, -0.15) is 5.10 Å². The highest BCUT2D eigenvalue weighted by Crippen LogP contribution is 2.16. The van der Waals surface area contributed by atoms with Crippen molar-refractivity contribution in [1.29, 1.82) is 0 Å². The molecule has 0 saturated carbocycles. The first-order valence-corrected chi connectivity index (χ1v) is 4.73. The van der Waals surface area contributed by atoms with Crippen LogP contribution in [0.2, 0.25) is 0 Å². The fourth-order valence-corrected chi connectivity index (χ4v) is 1.66. The molecule has 0 aromatic carbocycles. The highest BCUT2D eigenvalue weighted by atomic mass is 16.3. The topological polar surface area (TPSA) is 69.2 Å². The van der Waals surface area contributed by atoms with E-state index in [0.29, 0.717) is 0 Å². The number of nitrogens with one attached hydrogen (secondary N) is 1. The number of aromatic amines is 1. The molecule has 2 heterocycles. The van der Waals surface area contributed by atoms with Gasteiger partial charge in [-0.05, 0) is 12.8 Å². The van der Waals surface area contributed by atoms with E-state index >= 15 is 0 Å². The molecule has 0 unspecified atom stereocenters. The summed E-state index contributed by atoms with van der Waals surface area (Å²) in [5, 5.41) is 15.4. The van der Waals surface area contributed by atoms with Crippen LogP contribution in [0.15, 0.2) is 17.1 Å². The summed E-state index contributed by atoms with van der Waals surface area (Å²) in [6.45, 7) is 1.57. The number of anilines is 1. The minimum absolute atomic E-state index is 0.186. The Morgan fingerprint density at radius 3 is 2.86 bits per heavy atom. The summed E-state index contributed by atoms with van der Waals surface area (Å²) >= 11 is 0. The molecule has 5 heteroatoms. The van der Waals surface area contributed by atoms with Gasteiger partial charge in [-0.15, -0.1) is 0 Å². The molecule has 1 saturated heterocycles. The summed E-state index contributed by atoms with van der Waals surface area (Å²) in [6.07, 6.45) is 2.96. The number of hydrogen-bond donors (Lipinski definition) is 2. The molecule has 1 aliphatic rings. The van der Waals surface area contributed by atoms with E-state index in [1.807, 2.05) is 0 Å². The third-order valence-electron chi connectivity index (χ3n) is 2.48. The second-order valence-corrected chi connectivity index (χ2v) is 3.52. The lowest BCUT2D eigenvalue weighted by Crippen LogP contribution is -2.36. The number of nitrogens with zero attached hydrogens (tertiary/aromatic N) is 2. The standard InChI is InChI=1S/C9H13N3O2/c13-8-1-3-12(4-2-8)7-5-9(14)11-10-6-7/h5-6,8,13H,1-4H2,(H,11,14). The second kappa shape index (κ2) is 3.79. The van der Waals surface area contributed by atoms with Crippen molar-refractivity contribution < 1.29 is 5.11 Å². The van der Waals surface area contributed by atoms with Gasteiger partial charge >= 0.3 is 0 Å². The Morgan fingerprint density at radius 1 is 1.50 bits per heavy atom. The van der Waals surface area contributed by atoms with Gasteiger partial charge < -0.3 is 10.0 Å². The van der Waals surface area contributed by atoms with E-state index in [2.05, 4.69) is 15.1 Å². The Kier molecular flexibility index (Phi) is 2.49. The summed E-state index contributed by atoms with van der Waals surface area (Å²) < 4.78 is 0. The zero-order valence-electron chi connectivity index (χ0n) is 7.81. The normalized spacial score (nSPS) is 18.5. The third-order valence-corrected chi connectivity index (χ3v) is 2.48. The van der Waals surface area contributed by atoms with Gasteiger partial charge in [0.2, 0.25) is 0 Å². The largest absolute Gasteiger partial charge is 0.393 e. The molecule has 0 amide bonds. The van der Waals surface area contributed by atoms with Crippen LogP contribution < -0.4 is 10.5 Å².